The van der Waals surface area contributed by atoms with E-state index in [-0.39, 0.29) is 24.4 Å². The SMILES string of the molecule is O=C(NS(=O)(=O)c1ccc(NCCOc2ccccc2)c([N+](=O)[O-])c1)c1ccc(N2CCN(Cc3ccccc3-c3ccc(Cl)cc3)CC2)cc1. The van der Waals surface area contributed by atoms with E-state index in [9.17, 15) is 23.3 Å². The van der Waals surface area contributed by atoms with Crippen LogP contribution in [0.2, 0.25) is 5.02 Å². The number of halogens is 1. The first-order valence-corrected chi connectivity index (χ1v) is 18.2. The molecule has 262 valence electrons. The van der Waals surface area contributed by atoms with E-state index in [1.54, 1.807) is 36.4 Å². The molecule has 0 atom stereocenters. The number of amides is 1. The number of hydrogen-bond donors (Lipinski definition) is 2. The third-order valence-electron chi connectivity index (χ3n) is 8.57. The van der Waals surface area contributed by atoms with Crippen LogP contribution in [-0.2, 0) is 16.6 Å². The van der Waals surface area contributed by atoms with Gasteiger partial charge in [-0.25, -0.2) is 13.1 Å². The lowest BCUT2D eigenvalue weighted by Crippen LogP contribution is -2.46. The highest BCUT2D eigenvalue weighted by molar-refractivity contribution is 7.90. The lowest BCUT2D eigenvalue weighted by molar-refractivity contribution is -0.384. The summed E-state index contributed by atoms with van der Waals surface area (Å²) in [4.78, 5) is 28.3. The quantitative estimate of drug-likeness (QED) is 0.0760. The smallest absolute Gasteiger partial charge is 0.293 e. The fourth-order valence-corrected chi connectivity index (χ4v) is 7.01. The van der Waals surface area contributed by atoms with Gasteiger partial charge in [-0.2, -0.15) is 0 Å². The maximum absolute atomic E-state index is 13.1. The molecule has 1 aliphatic heterocycles. The van der Waals surface area contributed by atoms with E-state index in [0.29, 0.717) is 10.8 Å². The lowest BCUT2D eigenvalue weighted by atomic mass is 9.99. The molecule has 2 N–H and O–H groups in total. The number of hydrogen-bond acceptors (Lipinski definition) is 9. The Balaban J connectivity index is 1.03. The van der Waals surface area contributed by atoms with Gasteiger partial charge in [-0.15, -0.1) is 0 Å². The standard InChI is InChI=1S/C38H36ClN5O6S/c39-31-14-10-28(11-15-31)35-9-5-4-6-30(35)27-42-21-23-43(24-22-42)32-16-12-29(13-17-32)38(45)41-51(48,49)34-18-19-36(37(26-34)44(46)47)40-20-25-50-33-7-2-1-3-8-33/h1-19,26,40H,20-25,27H2,(H,41,45). The second-order valence-corrected chi connectivity index (χ2v) is 14.1. The highest BCUT2D eigenvalue weighted by Gasteiger charge is 2.24. The maximum atomic E-state index is 13.1. The number of ether oxygens (including phenoxy) is 1. The average molecular weight is 726 g/mol. The molecule has 5 aromatic carbocycles. The summed E-state index contributed by atoms with van der Waals surface area (Å²) < 4.78 is 33.8. The molecular weight excluding hydrogens is 690 g/mol. The molecule has 1 fully saturated rings. The number of anilines is 2. The molecule has 1 heterocycles. The fourth-order valence-electron chi connectivity index (χ4n) is 5.89. The Kier molecular flexibility index (Phi) is 11.2. The molecule has 11 nitrogen and oxygen atoms in total. The van der Waals surface area contributed by atoms with Gasteiger partial charge < -0.3 is 15.0 Å². The predicted molar refractivity (Wildman–Crippen MR) is 199 cm³/mol. The first kappa shape index (κ1) is 35.4. The molecule has 0 saturated carbocycles. The largest absolute Gasteiger partial charge is 0.492 e. The number of carbonyl (C=O) groups is 1. The third-order valence-corrected chi connectivity index (χ3v) is 10.1. The van der Waals surface area contributed by atoms with Crippen molar-refractivity contribution >= 4 is 44.6 Å². The molecule has 51 heavy (non-hydrogen) atoms. The van der Waals surface area contributed by atoms with Gasteiger partial charge in [0.05, 0.1) is 9.82 Å². The van der Waals surface area contributed by atoms with Gasteiger partial charge in [-0.05, 0) is 77.4 Å². The molecule has 6 rings (SSSR count). The second kappa shape index (κ2) is 16.1. The zero-order valence-corrected chi connectivity index (χ0v) is 29.1. The summed E-state index contributed by atoms with van der Waals surface area (Å²) in [7, 11) is -4.41. The number of benzene rings is 5. The summed E-state index contributed by atoms with van der Waals surface area (Å²) in [6.07, 6.45) is 0. The number of nitro benzene ring substituents is 1. The molecule has 0 unspecified atom stereocenters. The Morgan fingerprint density at radius 1 is 0.843 bits per heavy atom. The summed E-state index contributed by atoms with van der Waals surface area (Å²) >= 11 is 6.10. The van der Waals surface area contributed by atoms with Crippen LogP contribution in [-0.4, -0.2) is 63.5 Å². The number of carbonyl (C=O) groups excluding carboxylic acids is 1. The first-order valence-electron chi connectivity index (χ1n) is 16.3. The summed E-state index contributed by atoms with van der Waals surface area (Å²) in [5.74, 6) is -0.184. The Morgan fingerprint density at radius 3 is 2.24 bits per heavy atom. The summed E-state index contributed by atoms with van der Waals surface area (Å²) in [5, 5.41) is 15.4. The summed E-state index contributed by atoms with van der Waals surface area (Å²) in [6.45, 7) is 4.54. The van der Waals surface area contributed by atoms with E-state index < -0.39 is 31.4 Å². The molecule has 1 aliphatic rings. The van der Waals surface area contributed by atoms with E-state index >= 15 is 0 Å². The number of nitro groups is 1. The minimum absolute atomic E-state index is 0.126. The Morgan fingerprint density at radius 2 is 1.53 bits per heavy atom. The number of nitrogens with zero attached hydrogens (tertiary/aromatic N) is 3. The van der Waals surface area contributed by atoms with Crippen molar-refractivity contribution in [2.75, 3.05) is 49.5 Å². The van der Waals surface area contributed by atoms with E-state index in [0.717, 1.165) is 50.0 Å². The van der Waals surface area contributed by atoms with Gasteiger partial charge in [-0.3, -0.25) is 19.8 Å². The molecule has 0 spiro atoms. The van der Waals surface area contributed by atoms with Crippen LogP contribution in [0.25, 0.3) is 11.1 Å². The van der Waals surface area contributed by atoms with Crippen molar-refractivity contribution in [2.45, 2.75) is 11.4 Å². The summed E-state index contributed by atoms with van der Waals surface area (Å²) in [6, 6.07) is 35.5. The predicted octanol–water partition coefficient (Wildman–Crippen LogP) is 6.85. The highest BCUT2D eigenvalue weighted by Crippen LogP contribution is 2.29. The molecule has 1 saturated heterocycles. The van der Waals surface area contributed by atoms with Crippen molar-refractivity contribution in [1.29, 1.82) is 0 Å². The average Bonchev–Trinajstić information content (AvgIpc) is 3.14. The number of sulfonamides is 1. The molecule has 0 bridgehead atoms. The normalized spacial score (nSPS) is 13.4. The molecular formula is C38H36ClN5O6S. The van der Waals surface area contributed by atoms with Crippen LogP contribution in [0, 0.1) is 10.1 Å². The fraction of sp³-hybridized carbons (Fsp3) is 0.184. The van der Waals surface area contributed by atoms with Crippen molar-refractivity contribution in [3.05, 3.63) is 148 Å². The van der Waals surface area contributed by atoms with Gasteiger partial charge in [0.2, 0.25) is 0 Å². The molecule has 13 heteroatoms. The number of rotatable bonds is 13. The van der Waals surface area contributed by atoms with E-state index in [1.807, 2.05) is 53.3 Å². The minimum atomic E-state index is -4.41. The minimum Gasteiger partial charge on any atom is -0.492 e. The third kappa shape index (κ3) is 9.03. The topological polar surface area (TPSA) is 134 Å². The number of piperazine rings is 1. The van der Waals surface area contributed by atoms with Gasteiger partial charge >= 0.3 is 0 Å². The van der Waals surface area contributed by atoms with Gasteiger partial charge in [0.1, 0.15) is 18.0 Å². The van der Waals surface area contributed by atoms with E-state index in [1.165, 1.54) is 23.3 Å². The van der Waals surface area contributed by atoms with Crippen LogP contribution >= 0.6 is 11.6 Å². The molecule has 5 aromatic rings. The monoisotopic (exact) mass is 725 g/mol. The molecule has 0 aromatic heterocycles. The van der Waals surface area contributed by atoms with E-state index in [4.69, 9.17) is 16.3 Å². The first-order chi connectivity index (χ1) is 24.7. The zero-order valence-electron chi connectivity index (χ0n) is 27.6. The Labute approximate surface area is 301 Å². The Hall–Kier alpha value is -5.43. The van der Waals surface area contributed by atoms with Crippen LogP contribution in [0.15, 0.2) is 126 Å². The van der Waals surface area contributed by atoms with Crippen LogP contribution < -0.4 is 19.7 Å². The van der Waals surface area contributed by atoms with Gasteiger partial charge in [0, 0.05) is 61.6 Å². The van der Waals surface area contributed by atoms with Gasteiger partial charge in [0.15, 0.2) is 0 Å². The van der Waals surface area contributed by atoms with Crippen molar-refractivity contribution in [3.8, 4) is 16.9 Å². The van der Waals surface area contributed by atoms with Crippen molar-refractivity contribution in [2.24, 2.45) is 0 Å². The lowest BCUT2D eigenvalue weighted by Gasteiger charge is -2.36. The molecule has 0 aliphatic carbocycles. The molecule has 0 radical (unpaired) electrons. The summed E-state index contributed by atoms with van der Waals surface area (Å²) in [5.41, 5.74) is 4.29. The van der Waals surface area contributed by atoms with Gasteiger partial charge in [0.25, 0.3) is 21.6 Å². The van der Waals surface area contributed by atoms with Crippen LogP contribution in [0.5, 0.6) is 5.75 Å². The van der Waals surface area contributed by atoms with Gasteiger partial charge in [-0.1, -0.05) is 66.2 Å². The zero-order chi connectivity index (χ0) is 35.8. The highest BCUT2D eigenvalue weighted by atomic mass is 35.5. The van der Waals surface area contributed by atoms with Crippen molar-refractivity contribution in [3.63, 3.8) is 0 Å². The van der Waals surface area contributed by atoms with Crippen molar-refractivity contribution in [1.82, 2.24) is 9.62 Å². The Bertz CT molecular complexity index is 2090. The van der Waals surface area contributed by atoms with Crippen molar-refractivity contribution < 1.29 is 22.9 Å². The maximum Gasteiger partial charge on any atom is 0.293 e. The van der Waals surface area contributed by atoms with E-state index in [2.05, 4.69) is 33.3 Å². The number of nitrogens with one attached hydrogen (secondary N) is 2. The van der Waals surface area contributed by atoms with Crippen LogP contribution in [0.1, 0.15) is 15.9 Å². The number of para-hydroxylation sites is 1. The van der Waals surface area contributed by atoms with Crippen LogP contribution in [0.4, 0.5) is 17.1 Å². The second-order valence-electron chi connectivity index (χ2n) is 11.9. The van der Waals surface area contributed by atoms with Crippen LogP contribution in [0.3, 0.4) is 0 Å². The molecule has 1 amide bonds.